The van der Waals surface area contributed by atoms with Gasteiger partial charge in [-0.3, -0.25) is 4.79 Å². The number of nitrogens with two attached hydrogens (primary N) is 1. The zero-order chi connectivity index (χ0) is 22.9. The third-order valence-electron chi connectivity index (χ3n) is 5.58. The number of amides is 1. The van der Waals surface area contributed by atoms with Gasteiger partial charge in [0.25, 0.3) is 0 Å². The van der Waals surface area contributed by atoms with Crippen LogP contribution in [0.15, 0.2) is 48.0 Å². The van der Waals surface area contributed by atoms with Gasteiger partial charge in [-0.25, -0.2) is 0 Å². The molecule has 0 spiro atoms. The van der Waals surface area contributed by atoms with Crippen LogP contribution >= 0.6 is 0 Å². The molecule has 5 nitrogen and oxygen atoms in total. The molecule has 0 radical (unpaired) electrons. The first kappa shape index (κ1) is 23.9. The van der Waals surface area contributed by atoms with Crippen LogP contribution in [0.4, 0.5) is 5.69 Å². The summed E-state index contributed by atoms with van der Waals surface area (Å²) in [6, 6.07) is 14.6. The minimum Gasteiger partial charge on any atom is -0.491 e. The Morgan fingerprint density at radius 3 is 2.50 bits per heavy atom. The van der Waals surface area contributed by atoms with Gasteiger partial charge in [-0.1, -0.05) is 45.4 Å². The van der Waals surface area contributed by atoms with Gasteiger partial charge >= 0.3 is 0 Å². The van der Waals surface area contributed by atoms with Gasteiger partial charge in [0.2, 0.25) is 5.91 Å². The molecule has 5 heteroatoms. The summed E-state index contributed by atoms with van der Waals surface area (Å²) in [4.78, 5) is 14.3. The van der Waals surface area contributed by atoms with Gasteiger partial charge in [0.05, 0.1) is 6.61 Å². The molecule has 2 N–H and O–H groups in total. The second-order valence-corrected chi connectivity index (χ2v) is 8.74. The predicted molar refractivity (Wildman–Crippen MR) is 132 cm³/mol. The van der Waals surface area contributed by atoms with Crippen molar-refractivity contribution in [1.82, 2.24) is 0 Å². The third-order valence-corrected chi connectivity index (χ3v) is 5.58. The summed E-state index contributed by atoms with van der Waals surface area (Å²) in [5.41, 5.74) is 10.7. The summed E-state index contributed by atoms with van der Waals surface area (Å²) in [5.74, 6) is 1.02. The Bertz CT molecular complexity index is 919. The quantitative estimate of drug-likeness (QED) is 0.487. The summed E-state index contributed by atoms with van der Waals surface area (Å²) >= 11 is 0. The Hall–Kier alpha value is -2.79. The molecule has 1 amide bonds. The first-order valence-corrected chi connectivity index (χ1v) is 11.7. The molecule has 172 valence electrons. The monoisotopic (exact) mass is 436 g/mol. The van der Waals surface area contributed by atoms with E-state index in [1.54, 1.807) is 0 Å². The molecule has 1 aliphatic heterocycles. The van der Waals surface area contributed by atoms with Crippen LogP contribution in [0.2, 0.25) is 0 Å². The van der Waals surface area contributed by atoms with Gasteiger partial charge in [0.15, 0.2) is 0 Å². The topological polar surface area (TPSA) is 64.8 Å². The number of rotatable bonds is 11. The van der Waals surface area contributed by atoms with Gasteiger partial charge in [-0.05, 0) is 65.8 Å². The van der Waals surface area contributed by atoms with Crippen molar-refractivity contribution in [1.29, 1.82) is 0 Å². The molecule has 1 aliphatic rings. The molecule has 0 saturated carbocycles. The number of carbonyl (C=O) groups excluding carboxylic acids is 1. The molecule has 0 aliphatic carbocycles. The number of unbranched alkanes of at least 4 members (excludes halogenated alkanes) is 1. The van der Waals surface area contributed by atoms with Crippen molar-refractivity contribution < 1.29 is 14.3 Å². The molecular formula is C27H36N2O3. The van der Waals surface area contributed by atoms with Crippen LogP contribution in [0.25, 0.3) is 17.2 Å². The van der Waals surface area contributed by atoms with E-state index in [1.807, 2.05) is 18.2 Å². The van der Waals surface area contributed by atoms with Gasteiger partial charge in [0.1, 0.15) is 12.4 Å². The molecule has 0 saturated heterocycles. The van der Waals surface area contributed by atoms with E-state index >= 15 is 0 Å². The number of carbonyl (C=O) groups is 1. The molecule has 32 heavy (non-hydrogen) atoms. The number of fused-ring (bicyclic) bond motifs is 1. The van der Waals surface area contributed by atoms with Crippen molar-refractivity contribution in [2.24, 2.45) is 11.7 Å². The summed E-state index contributed by atoms with van der Waals surface area (Å²) in [5, 5.41) is 0. The minimum absolute atomic E-state index is 0.340. The molecule has 0 atom stereocenters. The van der Waals surface area contributed by atoms with E-state index in [2.05, 4.69) is 56.0 Å². The lowest BCUT2D eigenvalue weighted by atomic mass is 10.00. The Morgan fingerprint density at radius 2 is 1.81 bits per heavy atom. The van der Waals surface area contributed by atoms with Gasteiger partial charge in [-0.2, -0.15) is 0 Å². The van der Waals surface area contributed by atoms with Crippen LogP contribution in [-0.4, -0.2) is 38.8 Å². The Morgan fingerprint density at radius 1 is 1.06 bits per heavy atom. The average Bonchev–Trinajstić information content (AvgIpc) is 2.95. The van der Waals surface area contributed by atoms with E-state index in [1.165, 1.54) is 0 Å². The Kier molecular flexibility index (Phi) is 8.74. The van der Waals surface area contributed by atoms with Crippen molar-refractivity contribution in [3.8, 4) is 16.9 Å². The molecular weight excluding hydrogens is 400 g/mol. The fourth-order valence-electron chi connectivity index (χ4n) is 3.91. The first-order chi connectivity index (χ1) is 15.5. The second-order valence-electron chi connectivity index (χ2n) is 8.74. The highest BCUT2D eigenvalue weighted by atomic mass is 16.5. The molecule has 0 fully saturated rings. The second kappa shape index (κ2) is 11.7. The van der Waals surface area contributed by atoms with E-state index in [0.29, 0.717) is 31.1 Å². The van der Waals surface area contributed by atoms with Gasteiger partial charge in [-0.15, -0.1) is 0 Å². The van der Waals surface area contributed by atoms with Crippen LogP contribution in [-0.2, 0) is 9.53 Å². The maximum absolute atomic E-state index is 11.9. The van der Waals surface area contributed by atoms with E-state index in [0.717, 1.165) is 60.7 Å². The molecule has 1 heterocycles. The third kappa shape index (κ3) is 6.60. The summed E-state index contributed by atoms with van der Waals surface area (Å²) in [6.07, 6.45) is 4.85. The number of hydrogen-bond acceptors (Lipinski definition) is 4. The molecule has 0 aromatic heterocycles. The number of ether oxygens (including phenoxy) is 2. The predicted octanol–water partition coefficient (Wildman–Crippen LogP) is 5.28. The van der Waals surface area contributed by atoms with Crippen molar-refractivity contribution >= 4 is 17.7 Å². The fraction of sp³-hybridized carbons (Fsp3) is 0.444. The van der Waals surface area contributed by atoms with E-state index < -0.39 is 0 Å². The van der Waals surface area contributed by atoms with Crippen LogP contribution in [0.3, 0.4) is 0 Å². The average molecular weight is 437 g/mol. The first-order valence-electron chi connectivity index (χ1n) is 11.7. The van der Waals surface area contributed by atoms with Crippen molar-refractivity contribution in [2.75, 3.05) is 37.8 Å². The zero-order valence-corrected chi connectivity index (χ0v) is 19.6. The van der Waals surface area contributed by atoms with Crippen LogP contribution in [0.5, 0.6) is 5.75 Å². The minimum atomic E-state index is -0.340. The normalized spacial score (nSPS) is 13.5. The number of primary amides is 1. The SMILES string of the molecule is CCCCOCCOc1ccc(-c2ccc3c(c2)C=C(C(N)=O)CCN3CC(C)C)cc1. The molecule has 2 aromatic carbocycles. The van der Waals surface area contributed by atoms with Crippen LogP contribution in [0, 0.1) is 5.92 Å². The number of benzene rings is 2. The van der Waals surface area contributed by atoms with Crippen molar-refractivity contribution in [3.63, 3.8) is 0 Å². The molecule has 3 rings (SSSR count). The maximum Gasteiger partial charge on any atom is 0.244 e. The van der Waals surface area contributed by atoms with E-state index in [4.69, 9.17) is 15.2 Å². The Labute approximate surface area is 192 Å². The van der Waals surface area contributed by atoms with Crippen molar-refractivity contribution in [3.05, 3.63) is 53.6 Å². The fourth-order valence-corrected chi connectivity index (χ4v) is 3.91. The standard InChI is InChI=1S/C27H36N2O3/c1-4-5-14-31-15-16-32-25-9-6-21(7-10-25)22-8-11-26-24(17-22)18-23(27(28)30)12-13-29(26)19-20(2)3/h6-11,17-18,20H,4-5,12-16,19H2,1-3H3,(H2,28,30). The van der Waals surface area contributed by atoms with Crippen LogP contribution in [0.1, 0.15) is 45.6 Å². The highest BCUT2D eigenvalue weighted by Crippen LogP contribution is 2.33. The highest BCUT2D eigenvalue weighted by molar-refractivity contribution is 5.98. The number of nitrogens with zero attached hydrogens (tertiary/aromatic N) is 1. The lowest BCUT2D eigenvalue weighted by Crippen LogP contribution is -2.29. The lowest BCUT2D eigenvalue weighted by Gasteiger charge is -2.27. The van der Waals surface area contributed by atoms with Gasteiger partial charge < -0.3 is 20.1 Å². The summed E-state index contributed by atoms with van der Waals surface area (Å²) in [6.45, 7) is 10.3. The largest absolute Gasteiger partial charge is 0.491 e. The smallest absolute Gasteiger partial charge is 0.244 e. The molecule has 0 unspecified atom stereocenters. The number of hydrogen-bond donors (Lipinski definition) is 1. The number of anilines is 1. The lowest BCUT2D eigenvalue weighted by molar-refractivity contribution is -0.114. The highest BCUT2D eigenvalue weighted by Gasteiger charge is 2.19. The zero-order valence-electron chi connectivity index (χ0n) is 19.6. The Balaban J connectivity index is 1.74. The summed E-state index contributed by atoms with van der Waals surface area (Å²) in [7, 11) is 0. The van der Waals surface area contributed by atoms with Gasteiger partial charge in [0, 0.05) is 31.0 Å². The molecule has 0 bridgehead atoms. The van der Waals surface area contributed by atoms with Crippen molar-refractivity contribution in [2.45, 2.75) is 40.0 Å². The maximum atomic E-state index is 11.9. The van der Waals surface area contributed by atoms with E-state index in [-0.39, 0.29) is 5.91 Å². The van der Waals surface area contributed by atoms with Crippen LogP contribution < -0.4 is 15.4 Å². The molecule has 2 aromatic rings. The summed E-state index contributed by atoms with van der Waals surface area (Å²) < 4.78 is 11.3. The van der Waals surface area contributed by atoms with E-state index in [9.17, 15) is 4.79 Å².